The molecule has 0 amide bonds. The van der Waals surface area contributed by atoms with Crippen molar-refractivity contribution in [1.29, 1.82) is 0 Å². The van der Waals surface area contributed by atoms with Crippen molar-refractivity contribution in [1.82, 2.24) is 5.32 Å². The van der Waals surface area contributed by atoms with Gasteiger partial charge < -0.3 is 5.32 Å². The van der Waals surface area contributed by atoms with E-state index in [9.17, 15) is 13.6 Å². The van der Waals surface area contributed by atoms with Gasteiger partial charge >= 0.3 is 0 Å². The molecule has 2 atom stereocenters. The second-order valence-corrected chi connectivity index (χ2v) is 8.28. The summed E-state index contributed by atoms with van der Waals surface area (Å²) in [6, 6.07) is 9.48. The summed E-state index contributed by atoms with van der Waals surface area (Å²) < 4.78 is 27.6. The van der Waals surface area contributed by atoms with Gasteiger partial charge in [0.05, 0.1) is 5.41 Å². The van der Waals surface area contributed by atoms with Crippen molar-refractivity contribution in [2.24, 2.45) is 15.6 Å². The van der Waals surface area contributed by atoms with Gasteiger partial charge in [-0.25, -0.2) is 8.78 Å². The van der Waals surface area contributed by atoms with Crippen LogP contribution in [0.5, 0.6) is 0 Å². The summed E-state index contributed by atoms with van der Waals surface area (Å²) in [6.45, 7) is 6.05. The summed E-state index contributed by atoms with van der Waals surface area (Å²) in [5.41, 5.74) is 1.31. The lowest BCUT2D eigenvalue weighted by Gasteiger charge is -2.48. The number of alkyl halides is 2. The van der Waals surface area contributed by atoms with Crippen LogP contribution in [0.1, 0.15) is 45.6 Å². The predicted molar refractivity (Wildman–Crippen MR) is 98.3 cm³/mol. The van der Waals surface area contributed by atoms with E-state index in [-0.39, 0.29) is 16.9 Å². The Kier molecular flexibility index (Phi) is 4.05. The number of Topliss-reactive ketones (excluding diaryl/α,β-unsaturated/α-hetero) is 1. The zero-order valence-corrected chi connectivity index (χ0v) is 15.7. The van der Waals surface area contributed by atoms with Crippen molar-refractivity contribution in [2.45, 2.75) is 58.0 Å². The SMILES string of the molecule is CC[C@]1(c2ccccc2)C2=C(CC(C)(C)CC2=O)NC2N=NC(C(F)F)=C21. The standard InChI is InChI=1S/C21H23F2N3O/c1-4-21(12-8-6-5-7-9-12)15-13(10-20(2,3)11-14(15)27)24-19-16(21)17(18(22)23)25-26-19/h5-9,18-19,24H,4,10-11H2,1-3H3/t19?,21-/m0/s1. The molecule has 27 heavy (non-hydrogen) atoms. The average molecular weight is 371 g/mol. The Morgan fingerprint density at radius 1 is 1.22 bits per heavy atom. The molecule has 6 heteroatoms. The van der Waals surface area contributed by atoms with Crippen LogP contribution in [0.3, 0.4) is 0 Å². The Hall–Kier alpha value is -2.37. The maximum absolute atomic E-state index is 13.8. The Balaban J connectivity index is 2.05. The molecule has 1 unspecified atom stereocenters. The van der Waals surface area contributed by atoms with Crippen LogP contribution in [0.4, 0.5) is 8.78 Å². The Bertz CT molecular complexity index is 886. The quantitative estimate of drug-likeness (QED) is 0.822. The van der Waals surface area contributed by atoms with E-state index in [0.29, 0.717) is 30.4 Å². The summed E-state index contributed by atoms with van der Waals surface area (Å²) in [5.74, 6) is 0.0194. The molecule has 0 aromatic heterocycles. The third kappa shape index (κ3) is 2.57. The van der Waals surface area contributed by atoms with Gasteiger partial charge in [0.25, 0.3) is 6.43 Å². The molecule has 2 heterocycles. The molecule has 2 aliphatic heterocycles. The van der Waals surface area contributed by atoms with E-state index in [0.717, 1.165) is 11.3 Å². The van der Waals surface area contributed by atoms with Gasteiger partial charge in [-0.15, -0.1) is 0 Å². The van der Waals surface area contributed by atoms with Gasteiger partial charge in [0, 0.05) is 23.3 Å². The molecule has 1 aromatic carbocycles. The number of allylic oxidation sites excluding steroid dienone is 3. The number of carbonyl (C=O) groups is 1. The summed E-state index contributed by atoms with van der Waals surface area (Å²) in [7, 11) is 0. The zero-order chi connectivity index (χ0) is 19.4. The normalized spacial score (nSPS) is 29.1. The van der Waals surface area contributed by atoms with Crippen molar-refractivity contribution >= 4 is 5.78 Å². The van der Waals surface area contributed by atoms with E-state index >= 15 is 0 Å². The number of fused-ring (bicyclic) bond motifs is 1. The molecule has 0 spiro atoms. The monoisotopic (exact) mass is 371 g/mol. The van der Waals surface area contributed by atoms with E-state index < -0.39 is 18.0 Å². The molecule has 1 aromatic rings. The minimum absolute atomic E-state index is 0.0194. The molecule has 0 saturated carbocycles. The number of nitrogens with one attached hydrogen (secondary N) is 1. The van der Waals surface area contributed by atoms with Gasteiger partial charge in [-0.1, -0.05) is 51.1 Å². The van der Waals surface area contributed by atoms with Crippen molar-refractivity contribution in [3.63, 3.8) is 0 Å². The third-order valence-electron chi connectivity index (χ3n) is 5.91. The molecule has 142 valence electrons. The highest BCUT2D eigenvalue weighted by atomic mass is 19.3. The smallest absolute Gasteiger partial charge is 0.282 e. The summed E-state index contributed by atoms with van der Waals surface area (Å²) in [6.07, 6.45) is -1.79. The lowest BCUT2D eigenvalue weighted by atomic mass is 9.58. The molecule has 4 rings (SSSR count). The molecule has 0 radical (unpaired) electrons. The molecule has 3 aliphatic rings. The number of rotatable bonds is 3. The highest BCUT2D eigenvalue weighted by Gasteiger charge is 2.55. The lowest BCUT2D eigenvalue weighted by molar-refractivity contribution is -0.119. The van der Waals surface area contributed by atoms with Gasteiger partial charge in [-0.2, -0.15) is 10.2 Å². The van der Waals surface area contributed by atoms with Gasteiger partial charge in [0.2, 0.25) is 0 Å². The predicted octanol–water partition coefficient (Wildman–Crippen LogP) is 4.89. The van der Waals surface area contributed by atoms with Crippen molar-refractivity contribution in [2.75, 3.05) is 0 Å². The first kappa shape index (κ1) is 18.0. The molecule has 0 saturated heterocycles. The number of azo groups is 1. The second kappa shape index (κ2) is 6.08. The number of ketones is 1. The fraction of sp³-hybridized carbons (Fsp3) is 0.476. The van der Waals surface area contributed by atoms with Crippen LogP contribution in [0.25, 0.3) is 0 Å². The van der Waals surface area contributed by atoms with Crippen LogP contribution < -0.4 is 5.32 Å². The molecule has 4 nitrogen and oxygen atoms in total. The number of carbonyl (C=O) groups excluding carboxylic acids is 1. The van der Waals surface area contributed by atoms with Crippen LogP contribution in [0, 0.1) is 5.41 Å². The van der Waals surface area contributed by atoms with Gasteiger partial charge in [0.1, 0.15) is 5.70 Å². The Morgan fingerprint density at radius 2 is 1.93 bits per heavy atom. The van der Waals surface area contributed by atoms with Crippen LogP contribution >= 0.6 is 0 Å². The first-order valence-corrected chi connectivity index (χ1v) is 9.32. The molecular formula is C21H23F2N3O. The molecule has 1 aliphatic carbocycles. The zero-order valence-electron chi connectivity index (χ0n) is 15.7. The number of hydrogen-bond acceptors (Lipinski definition) is 4. The number of benzene rings is 1. The Morgan fingerprint density at radius 3 is 2.56 bits per heavy atom. The van der Waals surface area contributed by atoms with Crippen LogP contribution in [-0.2, 0) is 10.2 Å². The highest BCUT2D eigenvalue weighted by Crippen LogP contribution is 2.55. The maximum atomic E-state index is 13.8. The van der Waals surface area contributed by atoms with Gasteiger partial charge in [-0.3, -0.25) is 4.79 Å². The minimum Gasteiger partial charge on any atom is -0.362 e. The fourth-order valence-corrected chi connectivity index (χ4v) is 4.92. The molecule has 0 bridgehead atoms. The minimum atomic E-state index is -2.73. The summed E-state index contributed by atoms with van der Waals surface area (Å²) in [4.78, 5) is 13.3. The van der Waals surface area contributed by atoms with Crippen molar-refractivity contribution < 1.29 is 13.6 Å². The summed E-state index contributed by atoms with van der Waals surface area (Å²) in [5, 5.41) is 11.2. The number of halogens is 2. The van der Waals surface area contributed by atoms with E-state index in [4.69, 9.17) is 0 Å². The van der Waals surface area contributed by atoms with E-state index in [1.807, 2.05) is 37.3 Å². The maximum Gasteiger partial charge on any atom is 0.282 e. The van der Waals surface area contributed by atoms with E-state index in [1.165, 1.54) is 0 Å². The third-order valence-corrected chi connectivity index (χ3v) is 5.91. The second-order valence-electron chi connectivity index (χ2n) is 8.28. The van der Waals surface area contributed by atoms with E-state index in [1.54, 1.807) is 0 Å². The average Bonchev–Trinajstić information content (AvgIpc) is 3.04. The summed E-state index contributed by atoms with van der Waals surface area (Å²) >= 11 is 0. The van der Waals surface area contributed by atoms with Crippen LogP contribution in [0.2, 0.25) is 0 Å². The van der Waals surface area contributed by atoms with Crippen molar-refractivity contribution in [3.8, 4) is 0 Å². The van der Waals surface area contributed by atoms with E-state index in [2.05, 4.69) is 29.4 Å². The topological polar surface area (TPSA) is 53.8 Å². The number of hydrogen-bond donors (Lipinski definition) is 1. The van der Waals surface area contributed by atoms with Crippen LogP contribution in [-0.4, -0.2) is 18.4 Å². The lowest BCUT2D eigenvalue weighted by Crippen LogP contribution is -2.51. The first-order chi connectivity index (χ1) is 12.8. The Labute approximate surface area is 157 Å². The highest BCUT2D eigenvalue weighted by molar-refractivity contribution is 6.01. The number of nitrogens with zero attached hydrogens (tertiary/aromatic N) is 2. The molecule has 1 N–H and O–H groups in total. The van der Waals surface area contributed by atoms with Crippen molar-refractivity contribution in [3.05, 3.63) is 58.4 Å². The largest absolute Gasteiger partial charge is 0.362 e. The fourth-order valence-electron chi connectivity index (χ4n) is 4.92. The first-order valence-electron chi connectivity index (χ1n) is 9.32. The van der Waals surface area contributed by atoms with Crippen LogP contribution in [0.15, 0.2) is 63.1 Å². The van der Waals surface area contributed by atoms with Gasteiger partial charge in [-0.05, 0) is 23.8 Å². The van der Waals surface area contributed by atoms with Gasteiger partial charge in [0.15, 0.2) is 11.9 Å². The molecule has 0 fully saturated rings. The molecular weight excluding hydrogens is 348 g/mol.